The Morgan fingerprint density at radius 1 is 1.55 bits per heavy atom. The number of nitrogens with one attached hydrogen (secondary N) is 1. The maximum Gasteiger partial charge on any atom is 0.322 e. The molecule has 2 rings (SSSR count). The molecule has 0 radical (unpaired) electrons. The fraction of sp³-hybridized carbons (Fsp3) is 0.417. The summed E-state index contributed by atoms with van der Waals surface area (Å²) in [6.45, 7) is 3.63. The molecule has 1 aliphatic rings. The number of nitro groups is 1. The molecule has 0 amide bonds. The molecule has 108 valence electrons. The number of hydrogen-bond acceptors (Lipinski definition) is 5. The number of halogens is 1. The zero-order chi connectivity index (χ0) is 15.1. The molecule has 1 fully saturated rings. The van der Waals surface area contributed by atoms with Crippen molar-refractivity contribution in [1.29, 1.82) is 0 Å². The molecule has 0 saturated carbocycles. The first kappa shape index (κ1) is 15.1. The third-order valence-electron chi connectivity index (χ3n) is 3.15. The minimum Gasteiger partial charge on any atom is -0.480 e. The van der Waals surface area contributed by atoms with Gasteiger partial charge in [-0.05, 0) is 19.9 Å². The van der Waals surface area contributed by atoms with E-state index in [1.807, 2.05) is 13.8 Å². The minimum absolute atomic E-state index is 0.0663. The lowest BCUT2D eigenvalue weighted by Crippen LogP contribution is -2.43. The van der Waals surface area contributed by atoms with Gasteiger partial charge in [-0.3, -0.25) is 20.2 Å². The van der Waals surface area contributed by atoms with Crippen LogP contribution in [0.15, 0.2) is 18.2 Å². The first-order valence-electron chi connectivity index (χ1n) is 5.83. The first-order chi connectivity index (χ1) is 9.22. The number of nitrogens with zero attached hydrogens (tertiary/aromatic N) is 1. The second kappa shape index (κ2) is 5.23. The number of rotatable bonds is 3. The second-order valence-corrected chi connectivity index (χ2v) is 7.17. The van der Waals surface area contributed by atoms with Crippen molar-refractivity contribution in [3.63, 3.8) is 0 Å². The van der Waals surface area contributed by atoms with Crippen LogP contribution in [-0.4, -0.2) is 26.8 Å². The average molecular weight is 317 g/mol. The highest BCUT2D eigenvalue weighted by Gasteiger charge is 2.46. The van der Waals surface area contributed by atoms with Gasteiger partial charge < -0.3 is 5.11 Å². The van der Waals surface area contributed by atoms with Crippen LogP contribution in [0.1, 0.15) is 24.8 Å². The van der Waals surface area contributed by atoms with Gasteiger partial charge in [0.05, 0.1) is 10.3 Å². The number of benzene rings is 1. The van der Waals surface area contributed by atoms with Crippen LogP contribution in [0.5, 0.6) is 0 Å². The first-order valence-corrected chi connectivity index (χ1v) is 7.08. The Morgan fingerprint density at radius 2 is 2.20 bits per heavy atom. The molecule has 0 aromatic heterocycles. The van der Waals surface area contributed by atoms with Crippen LogP contribution in [0.3, 0.4) is 0 Å². The molecule has 8 heteroatoms. The number of thioether (sulfide) groups is 1. The molecule has 0 aliphatic carbocycles. The van der Waals surface area contributed by atoms with Crippen molar-refractivity contribution < 1.29 is 14.8 Å². The van der Waals surface area contributed by atoms with Gasteiger partial charge in [-0.2, -0.15) is 0 Å². The number of carboxylic acid groups (broad SMARTS) is 1. The van der Waals surface area contributed by atoms with E-state index in [0.29, 0.717) is 10.6 Å². The summed E-state index contributed by atoms with van der Waals surface area (Å²) in [7, 11) is 0. The molecule has 1 aliphatic heterocycles. The Hall–Kier alpha value is -1.31. The van der Waals surface area contributed by atoms with Gasteiger partial charge in [0.1, 0.15) is 6.04 Å². The van der Waals surface area contributed by atoms with Crippen LogP contribution in [0, 0.1) is 10.1 Å². The van der Waals surface area contributed by atoms with Gasteiger partial charge in [0.25, 0.3) is 5.69 Å². The molecule has 1 aromatic rings. The van der Waals surface area contributed by atoms with E-state index in [1.54, 1.807) is 0 Å². The Balaban J connectivity index is 2.36. The largest absolute Gasteiger partial charge is 0.480 e. The van der Waals surface area contributed by atoms with Crippen molar-refractivity contribution in [2.24, 2.45) is 0 Å². The van der Waals surface area contributed by atoms with Crippen molar-refractivity contribution in [1.82, 2.24) is 5.32 Å². The topological polar surface area (TPSA) is 92.5 Å². The Morgan fingerprint density at radius 3 is 2.70 bits per heavy atom. The monoisotopic (exact) mass is 316 g/mol. The van der Waals surface area contributed by atoms with E-state index in [4.69, 9.17) is 11.6 Å². The summed E-state index contributed by atoms with van der Waals surface area (Å²) >= 11 is 7.47. The Bertz CT molecular complexity index is 579. The fourth-order valence-corrected chi connectivity index (χ4v) is 3.86. The van der Waals surface area contributed by atoms with E-state index in [0.717, 1.165) is 0 Å². The minimum atomic E-state index is -0.952. The number of non-ortho nitro benzene ring substituents is 1. The molecule has 1 saturated heterocycles. The van der Waals surface area contributed by atoms with E-state index >= 15 is 0 Å². The van der Waals surface area contributed by atoms with Gasteiger partial charge in [-0.25, -0.2) is 0 Å². The summed E-state index contributed by atoms with van der Waals surface area (Å²) in [5.74, 6) is -0.952. The van der Waals surface area contributed by atoms with Crippen molar-refractivity contribution >= 4 is 35.0 Å². The fourth-order valence-electron chi connectivity index (χ4n) is 2.13. The van der Waals surface area contributed by atoms with Crippen molar-refractivity contribution in [2.45, 2.75) is 30.0 Å². The van der Waals surface area contributed by atoms with Crippen LogP contribution in [0.2, 0.25) is 5.02 Å². The SMILES string of the molecule is CC1(C)SC(c2cc([N+](=O)[O-])ccc2Cl)NC1C(=O)O. The van der Waals surface area contributed by atoms with Crippen LogP contribution >= 0.6 is 23.4 Å². The lowest BCUT2D eigenvalue weighted by Gasteiger charge is -2.20. The van der Waals surface area contributed by atoms with Gasteiger partial charge in [0.15, 0.2) is 0 Å². The molecule has 20 heavy (non-hydrogen) atoms. The van der Waals surface area contributed by atoms with Crippen molar-refractivity contribution in [3.05, 3.63) is 38.9 Å². The smallest absolute Gasteiger partial charge is 0.322 e. The number of hydrogen-bond donors (Lipinski definition) is 2. The standard InChI is InChI=1S/C12H13ClN2O4S/c1-12(2)9(11(16)17)14-10(20-12)7-5-6(15(18)19)3-4-8(7)13/h3-5,9-10,14H,1-2H3,(H,16,17). The highest BCUT2D eigenvalue weighted by Crippen LogP contribution is 2.47. The summed E-state index contributed by atoms with van der Waals surface area (Å²) in [6, 6.07) is 3.42. The van der Waals surface area contributed by atoms with Gasteiger partial charge in [0, 0.05) is 27.5 Å². The van der Waals surface area contributed by atoms with Gasteiger partial charge in [-0.1, -0.05) is 11.6 Å². The van der Waals surface area contributed by atoms with E-state index in [2.05, 4.69) is 5.32 Å². The predicted molar refractivity (Wildman–Crippen MR) is 77.1 cm³/mol. The summed E-state index contributed by atoms with van der Waals surface area (Å²) < 4.78 is -0.537. The summed E-state index contributed by atoms with van der Waals surface area (Å²) in [5.41, 5.74) is 0.464. The van der Waals surface area contributed by atoms with Crippen LogP contribution in [0.25, 0.3) is 0 Å². The molecule has 1 heterocycles. The molecule has 2 N–H and O–H groups in total. The maximum atomic E-state index is 11.2. The predicted octanol–water partition coefficient (Wildman–Crippen LogP) is 2.81. The lowest BCUT2D eigenvalue weighted by atomic mass is 10.0. The zero-order valence-corrected chi connectivity index (χ0v) is 12.4. The molecular formula is C12H13ClN2O4S. The summed E-state index contributed by atoms with van der Waals surface area (Å²) in [6.07, 6.45) is 0. The van der Waals surface area contributed by atoms with Gasteiger partial charge in [0.2, 0.25) is 0 Å². The van der Waals surface area contributed by atoms with Gasteiger partial charge in [-0.15, -0.1) is 11.8 Å². The summed E-state index contributed by atoms with van der Waals surface area (Å²) in [4.78, 5) is 21.6. The highest BCUT2D eigenvalue weighted by molar-refractivity contribution is 8.01. The zero-order valence-electron chi connectivity index (χ0n) is 10.8. The van der Waals surface area contributed by atoms with Crippen LogP contribution in [-0.2, 0) is 4.79 Å². The van der Waals surface area contributed by atoms with Gasteiger partial charge >= 0.3 is 5.97 Å². The van der Waals surface area contributed by atoms with E-state index in [9.17, 15) is 20.0 Å². The van der Waals surface area contributed by atoms with Crippen molar-refractivity contribution in [3.8, 4) is 0 Å². The normalized spacial score (nSPS) is 24.6. The second-order valence-electron chi connectivity index (χ2n) is 5.00. The third kappa shape index (κ3) is 2.74. The maximum absolute atomic E-state index is 11.2. The number of nitro benzene ring substituents is 1. The lowest BCUT2D eigenvalue weighted by molar-refractivity contribution is -0.384. The van der Waals surface area contributed by atoms with Crippen LogP contribution in [0.4, 0.5) is 5.69 Å². The quantitative estimate of drug-likeness (QED) is 0.658. The average Bonchev–Trinajstić information content (AvgIpc) is 2.65. The van der Waals surface area contributed by atoms with Crippen LogP contribution < -0.4 is 5.32 Å². The number of carboxylic acids is 1. The van der Waals surface area contributed by atoms with E-state index in [-0.39, 0.29) is 5.69 Å². The molecule has 0 spiro atoms. The Kier molecular flexibility index (Phi) is 3.95. The molecule has 0 bridgehead atoms. The molecule has 6 nitrogen and oxygen atoms in total. The molecule has 1 aromatic carbocycles. The summed E-state index contributed by atoms with van der Waals surface area (Å²) in [5, 5.41) is 23.0. The highest BCUT2D eigenvalue weighted by atomic mass is 35.5. The number of carbonyl (C=O) groups is 1. The molecule has 2 unspecified atom stereocenters. The third-order valence-corrected chi connectivity index (χ3v) is 4.97. The van der Waals surface area contributed by atoms with Crippen molar-refractivity contribution in [2.75, 3.05) is 0 Å². The number of aliphatic carboxylic acids is 1. The molecular weight excluding hydrogens is 304 g/mol. The van der Waals surface area contributed by atoms with E-state index < -0.39 is 27.1 Å². The Labute approximate surface area is 124 Å². The van der Waals surface area contributed by atoms with E-state index in [1.165, 1.54) is 30.0 Å². The molecule has 2 atom stereocenters.